The van der Waals surface area contributed by atoms with Crippen LogP contribution in [-0.4, -0.2) is 32.2 Å². The Labute approximate surface area is 109 Å². The molecule has 0 saturated carbocycles. The van der Waals surface area contributed by atoms with Crippen molar-refractivity contribution in [2.45, 2.75) is 20.0 Å². The highest BCUT2D eigenvalue weighted by atomic mass is 16.5. The fraction of sp³-hybridized carbons (Fsp3) is 0.333. The largest absolute Gasteiger partial charge is 0.390 e. The fourth-order valence-electron chi connectivity index (χ4n) is 1.99. The molecule has 0 aliphatic heterocycles. The average molecular weight is 264 g/mol. The zero-order valence-electron chi connectivity index (χ0n) is 10.6. The van der Waals surface area contributed by atoms with Gasteiger partial charge in [0, 0.05) is 5.69 Å². The minimum atomic E-state index is -0.573. The van der Waals surface area contributed by atoms with Gasteiger partial charge in [0.1, 0.15) is 5.65 Å². The van der Waals surface area contributed by atoms with Crippen LogP contribution in [0.15, 0.2) is 18.2 Å². The van der Waals surface area contributed by atoms with Crippen LogP contribution in [0.2, 0.25) is 0 Å². The predicted molar refractivity (Wildman–Crippen MR) is 68.9 cm³/mol. The minimum Gasteiger partial charge on any atom is -0.390 e. The Morgan fingerprint density at radius 1 is 1.47 bits per heavy atom. The van der Waals surface area contributed by atoms with Gasteiger partial charge in [-0.1, -0.05) is 13.0 Å². The Bertz CT molecular complexity index is 594. The summed E-state index contributed by atoms with van der Waals surface area (Å²) in [5, 5.41) is 20.7. The minimum absolute atomic E-state index is 0.116. The second-order valence-corrected chi connectivity index (χ2v) is 4.02. The van der Waals surface area contributed by atoms with Crippen molar-refractivity contribution in [3.8, 4) is 0 Å². The van der Waals surface area contributed by atoms with Crippen LogP contribution < -0.4 is 10.8 Å². The Kier molecular flexibility index (Phi) is 3.98. The molecule has 0 aliphatic rings. The summed E-state index contributed by atoms with van der Waals surface area (Å²) in [6, 6.07) is 5.68. The first-order chi connectivity index (χ1) is 9.21. The third kappa shape index (κ3) is 2.51. The van der Waals surface area contributed by atoms with Crippen molar-refractivity contribution in [3.63, 3.8) is 0 Å². The third-order valence-electron chi connectivity index (χ3n) is 2.87. The van der Waals surface area contributed by atoms with E-state index in [1.54, 1.807) is 0 Å². The highest BCUT2D eigenvalue weighted by Crippen LogP contribution is 2.20. The van der Waals surface area contributed by atoms with Gasteiger partial charge in [-0.15, -0.1) is 0 Å². The maximum absolute atomic E-state index is 11.0. The maximum atomic E-state index is 11.0. The summed E-state index contributed by atoms with van der Waals surface area (Å²) >= 11 is 0. The van der Waals surface area contributed by atoms with E-state index in [0.29, 0.717) is 17.2 Å². The molecule has 2 aromatic heterocycles. The number of carbonyl (C=O) groups is 1. The molecule has 0 aliphatic carbocycles. The van der Waals surface area contributed by atoms with Crippen LogP contribution >= 0.6 is 0 Å². The van der Waals surface area contributed by atoms with Gasteiger partial charge in [0.05, 0.1) is 18.8 Å². The summed E-state index contributed by atoms with van der Waals surface area (Å²) in [5.41, 5.74) is 3.85. The molecule has 0 bridgehead atoms. The van der Waals surface area contributed by atoms with Crippen LogP contribution in [0.4, 0.5) is 5.82 Å². The van der Waals surface area contributed by atoms with Gasteiger partial charge in [0.2, 0.25) is 0 Å². The topological polar surface area (TPSA) is 98.9 Å². The van der Waals surface area contributed by atoms with Crippen molar-refractivity contribution in [1.29, 1.82) is 0 Å². The summed E-state index contributed by atoms with van der Waals surface area (Å²) in [4.78, 5) is 15.3. The van der Waals surface area contributed by atoms with Gasteiger partial charge in [-0.3, -0.25) is 14.4 Å². The monoisotopic (exact) mass is 264 g/mol. The van der Waals surface area contributed by atoms with E-state index < -0.39 is 5.91 Å². The molecule has 19 heavy (non-hydrogen) atoms. The van der Waals surface area contributed by atoms with Crippen molar-refractivity contribution in [2.24, 2.45) is 0 Å². The molecule has 0 unspecified atom stereocenters. The number of imidazole rings is 1. The Balaban J connectivity index is 2.41. The van der Waals surface area contributed by atoms with Gasteiger partial charge < -0.3 is 10.4 Å². The van der Waals surface area contributed by atoms with E-state index in [1.165, 1.54) is 5.48 Å². The molecule has 102 valence electrons. The van der Waals surface area contributed by atoms with E-state index >= 15 is 0 Å². The lowest BCUT2D eigenvalue weighted by Crippen LogP contribution is -2.27. The fourth-order valence-corrected chi connectivity index (χ4v) is 1.99. The summed E-state index contributed by atoms with van der Waals surface area (Å²) < 4.78 is 1.86. The molecule has 2 rings (SSSR count). The molecule has 2 aromatic rings. The van der Waals surface area contributed by atoms with Gasteiger partial charge >= 0.3 is 0 Å². The molecule has 4 N–H and O–H groups in total. The van der Waals surface area contributed by atoms with Gasteiger partial charge in [0.15, 0.2) is 5.82 Å². The second-order valence-electron chi connectivity index (χ2n) is 4.02. The summed E-state index contributed by atoms with van der Waals surface area (Å²) in [5.74, 6) is -0.135. The third-order valence-corrected chi connectivity index (χ3v) is 2.87. The first-order valence-corrected chi connectivity index (χ1v) is 5.98. The number of aromatic nitrogens is 2. The molecule has 7 nitrogen and oxygen atoms in total. The van der Waals surface area contributed by atoms with Crippen molar-refractivity contribution in [1.82, 2.24) is 14.9 Å². The number of nitrogens with zero attached hydrogens (tertiary/aromatic N) is 2. The van der Waals surface area contributed by atoms with Crippen molar-refractivity contribution in [3.05, 3.63) is 29.6 Å². The lowest BCUT2D eigenvalue weighted by Gasteiger charge is -2.07. The number of hydrogen-bond acceptors (Lipinski definition) is 5. The summed E-state index contributed by atoms with van der Waals surface area (Å²) in [7, 11) is 0. The van der Waals surface area contributed by atoms with Gasteiger partial charge in [-0.2, -0.15) is 0 Å². The van der Waals surface area contributed by atoms with Crippen LogP contribution in [-0.2, 0) is 17.8 Å². The van der Waals surface area contributed by atoms with Crippen LogP contribution in [0.5, 0.6) is 0 Å². The molecule has 0 aromatic carbocycles. The average Bonchev–Trinajstić information content (AvgIpc) is 2.81. The van der Waals surface area contributed by atoms with E-state index in [4.69, 9.17) is 5.21 Å². The number of aliphatic hydroxyl groups excluding tert-OH is 1. The molecular formula is C12H16N4O3. The number of aryl methyl sites for hydroxylation is 1. The molecule has 0 spiro atoms. The molecule has 0 radical (unpaired) electrons. The number of hydroxylamine groups is 1. The smallest absolute Gasteiger partial charge is 0.262 e. The molecule has 0 atom stereocenters. The van der Waals surface area contributed by atoms with Crippen LogP contribution in [0, 0.1) is 0 Å². The first-order valence-electron chi connectivity index (χ1n) is 5.98. The second kappa shape index (κ2) is 5.68. The van der Waals surface area contributed by atoms with E-state index in [0.717, 1.165) is 12.1 Å². The van der Waals surface area contributed by atoms with Crippen molar-refractivity contribution >= 4 is 17.4 Å². The van der Waals surface area contributed by atoms with Crippen molar-refractivity contribution < 1.29 is 15.1 Å². The Hall–Kier alpha value is -2.12. The number of nitrogens with one attached hydrogen (secondary N) is 2. The number of amides is 1. The number of hydrogen-bond donors (Lipinski definition) is 4. The number of anilines is 1. The Morgan fingerprint density at radius 2 is 2.26 bits per heavy atom. The summed E-state index contributed by atoms with van der Waals surface area (Å²) in [6.45, 7) is 1.71. The van der Waals surface area contributed by atoms with E-state index in [2.05, 4.69) is 10.3 Å². The normalized spacial score (nSPS) is 10.7. The Morgan fingerprint density at radius 3 is 2.89 bits per heavy atom. The van der Waals surface area contributed by atoms with Crippen LogP contribution in [0.1, 0.15) is 18.3 Å². The van der Waals surface area contributed by atoms with Gasteiger partial charge in [-0.25, -0.2) is 10.5 Å². The number of fused-ring (bicyclic) bond motifs is 1. The van der Waals surface area contributed by atoms with Gasteiger partial charge in [0.25, 0.3) is 5.91 Å². The highest BCUT2D eigenvalue weighted by Gasteiger charge is 2.13. The number of rotatable bonds is 5. The predicted octanol–water partition coefficient (Wildman–Crippen LogP) is 0.306. The first kappa shape index (κ1) is 13.3. The molecule has 0 fully saturated rings. The van der Waals surface area contributed by atoms with Crippen molar-refractivity contribution in [2.75, 3.05) is 11.9 Å². The number of carbonyl (C=O) groups excluding carboxylic acids is 1. The molecule has 0 saturated heterocycles. The lowest BCUT2D eigenvalue weighted by molar-refractivity contribution is -0.127. The molecule has 7 heteroatoms. The SMILES string of the molecule is CCc1cccc2nc(NCC(=O)NO)c(CO)n12. The lowest BCUT2D eigenvalue weighted by atomic mass is 10.3. The molecule has 1 amide bonds. The van der Waals surface area contributed by atoms with E-state index in [9.17, 15) is 9.90 Å². The molecular weight excluding hydrogens is 248 g/mol. The maximum Gasteiger partial charge on any atom is 0.262 e. The quantitative estimate of drug-likeness (QED) is 0.460. The van der Waals surface area contributed by atoms with Crippen LogP contribution in [0.3, 0.4) is 0 Å². The number of aliphatic hydroxyl groups is 1. The van der Waals surface area contributed by atoms with Gasteiger partial charge in [-0.05, 0) is 18.6 Å². The van der Waals surface area contributed by atoms with E-state index in [1.807, 2.05) is 29.5 Å². The van der Waals surface area contributed by atoms with Crippen LogP contribution in [0.25, 0.3) is 5.65 Å². The number of pyridine rings is 1. The van der Waals surface area contributed by atoms with E-state index in [-0.39, 0.29) is 13.2 Å². The highest BCUT2D eigenvalue weighted by molar-refractivity contribution is 5.79. The standard InChI is InChI=1S/C12H16N4O3/c1-2-8-4-3-5-10-14-12(9(7-17)16(8)10)13-6-11(18)15-19/h3-5,13,17,19H,2,6-7H2,1H3,(H,15,18). The molecule has 2 heterocycles. The zero-order valence-corrected chi connectivity index (χ0v) is 10.6. The summed E-state index contributed by atoms with van der Waals surface area (Å²) in [6.07, 6.45) is 0.803. The zero-order chi connectivity index (χ0) is 13.8.